The van der Waals surface area contributed by atoms with Gasteiger partial charge in [0.25, 0.3) is 0 Å². The summed E-state index contributed by atoms with van der Waals surface area (Å²) in [5.74, 6) is 0.633. The number of nitrogens with one attached hydrogen (secondary N) is 1. The van der Waals surface area contributed by atoms with Crippen molar-refractivity contribution in [1.29, 1.82) is 0 Å². The second kappa shape index (κ2) is 4.94. The molecule has 2 heterocycles. The summed E-state index contributed by atoms with van der Waals surface area (Å²) in [6, 6.07) is 0.391. The Kier molecular flexibility index (Phi) is 3.73. The lowest BCUT2D eigenvalue weighted by atomic mass is 9.87. The van der Waals surface area contributed by atoms with E-state index >= 15 is 0 Å². The van der Waals surface area contributed by atoms with Crippen molar-refractivity contribution < 1.29 is 9.53 Å². The molecule has 2 rings (SSSR count). The van der Waals surface area contributed by atoms with E-state index in [1.807, 2.05) is 11.8 Å². The van der Waals surface area contributed by atoms with Crippen LogP contribution in [0.5, 0.6) is 0 Å². The lowest BCUT2D eigenvalue weighted by Gasteiger charge is -2.39. The Morgan fingerprint density at radius 1 is 1.29 bits per heavy atom. The van der Waals surface area contributed by atoms with Crippen molar-refractivity contribution in [2.24, 2.45) is 11.8 Å². The fourth-order valence-corrected chi connectivity index (χ4v) is 2.97. The minimum atomic E-state index is 0.0329. The third kappa shape index (κ3) is 2.20. The molecule has 0 aromatic heterocycles. The van der Waals surface area contributed by atoms with Crippen LogP contribution in [0, 0.1) is 11.8 Å². The standard InChI is InChI=1S/C13H24N2O2/c1-5-15(11-6-14-7-11)13(16)12-8(2)9(3)17-10(12)4/h8-12,14H,5-7H2,1-4H3. The molecule has 0 radical (unpaired) electrons. The van der Waals surface area contributed by atoms with Gasteiger partial charge in [0.15, 0.2) is 0 Å². The van der Waals surface area contributed by atoms with Gasteiger partial charge in [-0.2, -0.15) is 0 Å². The van der Waals surface area contributed by atoms with E-state index in [-0.39, 0.29) is 24.0 Å². The highest BCUT2D eigenvalue weighted by molar-refractivity contribution is 5.80. The monoisotopic (exact) mass is 240 g/mol. The first kappa shape index (κ1) is 12.8. The van der Waals surface area contributed by atoms with Gasteiger partial charge in [0.2, 0.25) is 5.91 Å². The van der Waals surface area contributed by atoms with Gasteiger partial charge < -0.3 is 15.0 Å². The van der Waals surface area contributed by atoms with Crippen molar-refractivity contribution in [1.82, 2.24) is 10.2 Å². The SMILES string of the molecule is CCN(C(=O)C1C(C)OC(C)C1C)C1CNC1. The number of hydrogen-bond donors (Lipinski definition) is 1. The van der Waals surface area contributed by atoms with Crippen molar-refractivity contribution in [3.8, 4) is 0 Å². The highest BCUT2D eigenvalue weighted by atomic mass is 16.5. The number of rotatable bonds is 3. The molecule has 1 N–H and O–H groups in total. The number of ether oxygens (including phenoxy) is 1. The maximum absolute atomic E-state index is 12.6. The van der Waals surface area contributed by atoms with E-state index in [0.29, 0.717) is 12.0 Å². The molecule has 98 valence electrons. The molecular formula is C13H24N2O2. The fourth-order valence-electron chi connectivity index (χ4n) is 2.97. The molecule has 0 aliphatic carbocycles. The molecule has 2 aliphatic rings. The van der Waals surface area contributed by atoms with Gasteiger partial charge >= 0.3 is 0 Å². The van der Waals surface area contributed by atoms with Gasteiger partial charge in [0, 0.05) is 19.6 Å². The van der Waals surface area contributed by atoms with E-state index in [1.165, 1.54) is 0 Å². The van der Waals surface area contributed by atoms with Crippen LogP contribution in [0.15, 0.2) is 0 Å². The van der Waals surface area contributed by atoms with Crippen molar-refractivity contribution in [2.75, 3.05) is 19.6 Å². The first-order chi connectivity index (χ1) is 8.06. The van der Waals surface area contributed by atoms with Crippen LogP contribution in [0.3, 0.4) is 0 Å². The zero-order chi connectivity index (χ0) is 12.6. The topological polar surface area (TPSA) is 41.6 Å². The molecular weight excluding hydrogens is 216 g/mol. The molecule has 4 unspecified atom stereocenters. The number of amides is 1. The van der Waals surface area contributed by atoms with E-state index < -0.39 is 0 Å². The smallest absolute Gasteiger partial charge is 0.228 e. The van der Waals surface area contributed by atoms with E-state index in [4.69, 9.17) is 4.74 Å². The van der Waals surface area contributed by atoms with E-state index in [0.717, 1.165) is 19.6 Å². The second-order valence-electron chi connectivity index (χ2n) is 5.37. The van der Waals surface area contributed by atoms with Crippen LogP contribution in [0.1, 0.15) is 27.7 Å². The lowest BCUT2D eigenvalue weighted by molar-refractivity contribution is -0.141. The van der Waals surface area contributed by atoms with Gasteiger partial charge in [0.05, 0.1) is 24.2 Å². The minimum absolute atomic E-state index is 0.0329. The predicted molar refractivity (Wildman–Crippen MR) is 66.7 cm³/mol. The molecule has 0 aromatic rings. The number of carbonyl (C=O) groups is 1. The van der Waals surface area contributed by atoms with Gasteiger partial charge in [-0.3, -0.25) is 4.79 Å². The Labute approximate surface area is 104 Å². The molecule has 0 saturated carbocycles. The molecule has 1 amide bonds. The molecule has 4 heteroatoms. The van der Waals surface area contributed by atoms with Crippen molar-refractivity contribution in [3.05, 3.63) is 0 Å². The maximum atomic E-state index is 12.6. The van der Waals surface area contributed by atoms with Crippen molar-refractivity contribution in [2.45, 2.75) is 45.9 Å². The molecule has 4 atom stereocenters. The van der Waals surface area contributed by atoms with Crippen LogP contribution in [0.25, 0.3) is 0 Å². The molecule has 0 spiro atoms. The van der Waals surface area contributed by atoms with Gasteiger partial charge in [-0.25, -0.2) is 0 Å². The summed E-state index contributed by atoms with van der Waals surface area (Å²) in [4.78, 5) is 14.6. The van der Waals surface area contributed by atoms with Crippen LogP contribution in [0.4, 0.5) is 0 Å². The predicted octanol–water partition coefficient (Wildman–Crippen LogP) is 0.866. The Hall–Kier alpha value is -0.610. The zero-order valence-corrected chi connectivity index (χ0v) is 11.3. The third-order valence-corrected chi connectivity index (χ3v) is 4.35. The average molecular weight is 240 g/mol. The summed E-state index contributed by atoms with van der Waals surface area (Å²) in [5.41, 5.74) is 0. The molecule has 2 fully saturated rings. The minimum Gasteiger partial charge on any atom is -0.374 e. The van der Waals surface area contributed by atoms with Gasteiger partial charge in [0.1, 0.15) is 0 Å². The van der Waals surface area contributed by atoms with E-state index in [9.17, 15) is 4.79 Å². The number of carbonyl (C=O) groups excluding carboxylic acids is 1. The molecule has 2 aliphatic heterocycles. The molecule has 0 bridgehead atoms. The van der Waals surface area contributed by atoms with Gasteiger partial charge in [-0.05, 0) is 26.7 Å². The number of likely N-dealkylation sites (N-methyl/N-ethyl adjacent to an activating group) is 1. The van der Waals surface area contributed by atoms with Gasteiger partial charge in [-0.1, -0.05) is 6.92 Å². The molecule has 0 aromatic carbocycles. The summed E-state index contributed by atoms with van der Waals surface area (Å²) < 4.78 is 5.77. The van der Waals surface area contributed by atoms with Crippen LogP contribution in [-0.2, 0) is 9.53 Å². The summed E-state index contributed by atoms with van der Waals surface area (Å²) in [6.07, 6.45) is 0.242. The van der Waals surface area contributed by atoms with Crippen LogP contribution in [0.2, 0.25) is 0 Å². The largest absolute Gasteiger partial charge is 0.374 e. The Morgan fingerprint density at radius 2 is 1.94 bits per heavy atom. The van der Waals surface area contributed by atoms with Crippen LogP contribution in [-0.4, -0.2) is 48.7 Å². The number of nitrogens with zero attached hydrogens (tertiary/aromatic N) is 1. The zero-order valence-electron chi connectivity index (χ0n) is 11.3. The van der Waals surface area contributed by atoms with Crippen LogP contribution >= 0.6 is 0 Å². The quantitative estimate of drug-likeness (QED) is 0.796. The third-order valence-electron chi connectivity index (χ3n) is 4.35. The summed E-state index contributed by atoms with van der Waals surface area (Å²) in [7, 11) is 0. The fraction of sp³-hybridized carbons (Fsp3) is 0.923. The second-order valence-corrected chi connectivity index (χ2v) is 5.37. The Bertz CT molecular complexity index is 291. The normalized spacial score (nSPS) is 37.9. The molecule has 4 nitrogen and oxygen atoms in total. The highest BCUT2D eigenvalue weighted by Gasteiger charge is 2.44. The first-order valence-electron chi connectivity index (χ1n) is 6.72. The Morgan fingerprint density at radius 3 is 2.29 bits per heavy atom. The number of hydrogen-bond acceptors (Lipinski definition) is 3. The maximum Gasteiger partial charge on any atom is 0.228 e. The summed E-state index contributed by atoms with van der Waals surface area (Å²) >= 11 is 0. The van der Waals surface area contributed by atoms with E-state index in [1.54, 1.807) is 0 Å². The highest BCUT2D eigenvalue weighted by Crippen LogP contribution is 2.34. The van der Waals surface area contributed by atoms with Crippen LogP contribution < -0.4 is 5.32 Å². The van der Waals surface area contributed by atoms with E-state index in [2.05, 4.69) is 26.1 Å². The molecule has 2 saturated heterocycles. The Balaban J connectivity index is 2.07. The van der Waals surface area contributed by atoms with Crippen molar-refractivity contribution in [3.63, 3.8) is 0 Å². The molecule has 17 heavy (non-hydrogen) atoms. The van der Waals surface area contributed by atoms with Gasteiger partial charge in [-0.15, -0.1) is 0 Å². The first-order valence-corrected chi connectivity index (χ1v) is 6.72. The average Bonchev–Trinajstić information content (AvgIpc) is 2.46. The lowest BCUT2D eigenvalue weighted by Crippen LogP contribution is -2.60. The summed E-state index contributed by atoms with van der Waals surface area (Å²) in [5, 5.41) is 3.23. The summed E-state index contributed by atoms with van der Waals surface area (Å²) in [6.45, 7) is 11.0. The van der Waals surface area contributed by atoms with Crippen molar-refractivity contribution >= 4 is 5.91 Å².